The molecular weight excluding hydrogens is 392 g/mol. The molecule has 9 heteroatoms. The molecule has 1 saturated heterocycles. The van der Waals surface area contributed by atoms with E-state index in [0.717, 1.165) is 11.3 Å². The lowest BCUT2D eigenvalue weighted by Gasteiger charge is -2.30. The summed E-state index contributed by atoms with van der Waals surface area (Å²) in [4.78, 5) is 16.6. The normalized spacial score (nSPS) is 15.9. The monoisotopic (exact) mass is 420 g/mol. The summed E-state index contributed by atoms with van der Waals surface area (Å²) in [5, 5.41) is 3.03. The van der Waals surface area contributed by atoms with Gasteiger partial charge in [0, 0.05) is 43.9 Å². The number of hydrogen-bond donors (Lipinski definition) is 1. The van der Waals surface area contributed by atoms with E-state index in [2.05, 4.69) is 10.3 Å². The molecule has 29 heavy (non-hydrogen) atoms. The molecule has 2 heterocycles. The van der Waals surface area contributed by atoms with Gasteiger partial charge in [-0.05, 0) is 32.8 Å². The van der Waals surface area contributed by atoms with Crippen molar-refractivity contribution in [3.8, 4) is 5.75 Å². The molecule has 1 aliphatic heterocycles. The van der Waals surface area contributed by atoms with Crippen molar-refractivity contribution in [2.24, 2.45) is 5.92 Å². The van der Waals surface area contributed by atoms with Crippen molar-refractivity contribution < 1.29 is 17.9 Å². The second kappa shape index (κ2) is 9.41. The number of nitrogens with one attached hydrogen (secondary N) is 1. The minimum Gasteiger partial charge on any atom is -0.494 e. The molecule has 0 radical (unpaired) electrons. The zero-order chi connectivity index (χ0) is 20.9. The van der Waals surface area contributed by atoms with Crippen LogP contribution in [0.2, 0.25) is 0 Å². The Bertz CT molecular complexity index is 933. The number of carbonyl (C=O) groups is 1. The van der Waals surface area contributed by atoms with Crippen LogP contribution in [-0.2, 0) is 27.9 Å². The van der Waals surface area contributed by atoms with Crippen LogP contribution in [0, 0.1) is 5.92 Å². The summed E-state index contributed by atoms with van der Waals surface area (Å²) < 4.78 is 34.2. The summed E-state index contributed by atoms with van der Waals surface area (Å²) in [7, 11) is -3.61. The van der Waals surface area contributed by atoms with Crippen molar-refractivity contribution in [3.05, 3.63) is 42.4 Å². The molecule has 0 bridgehead atoms. The van der Waals surface area contributed by atoms with E-state index in [-0.39, 0.29) is 16.9 Å². The van der Waals surface area contributed by atoms with Gasteiger partial charge in [0.05, 0.1) is 12.9 Å². The highest BCUT2D eigenvalue weighted by Gasteiger charge is 2.33. The molecule has 1 amide bonds. The van der Waals surface area contributed by atoms with E-state index in [1.54, 1.807) is 10.8 Å². The van der Waals surface area contributed by atoms with Crippen LogP contribution < -0.4 is 10.1 Å². The number of aryl methyl sites for hydroxylation is 1. The van der Waals surface area contributed by atoms with Gasteiger partial charge in [0.2, 0.25) is 5.91 Å². The zero-order valence-electron chi connectivity index (χ0n) is 16.9. The largest absolute Gasteiger partial charge is 0.494 e. The van der Waals surface area contributed by atoms with E-state index < -0.39 is 10.0 Å². The maximum absolute atomic E-state index is 12.7. The second-order valence-electron chi connectivity index (χ2n) is 6.98. The van der Waals surface area contributed by atoms with Gasteiger partial charge in [-0.15, -0.1) is 0 Å². The van der Waals surface area contributed by atoms with Crippen molar-refractivity contribution in [2.45, 2.75) is 44.8 Å². The topological polar surface area (TPSA) is 93.5 Å². The van der Waals surface area contributed by atoms with Gasteiger partial charge in [-0.1, -0.05) is 18.2 Å². The molecule has 1 fully saturated rings. The standard InChI is InChI=1S/C20H28N4O4S/c1-3-23-14-19(22-15-23)29(26,27)24-11-9-16(10-12-24)20(25)21-13-17-7-5-6-8-18(17)28-4-2/h5-8,14-16H,3-4,9-13H2,1-2H3,(H,21,25). The number of rotatable bonds is 8. The van der Waals surface area contributed by atoms with Gasteiger partial charge in [0.1, 0.15) is 5.75 Å². The number of imidazole rings is 1. The Hall–Kier alpha value is -2.39. The predicted molar refractivity (Wildman–Crippen MR) is 109 cm³/mol. The number of aromatic nitrogens is 2. The SMILES string of the molecule is CCOc1ccccc1CNC(=O)C1CCN(S(=O)(=O)c2cn(CC)cn2)CC1. The smallest absolute Gasteiger partial charge is 0.262 e. The molecule has 158 valence electrons. The quantitative estimate of drug-likeness (QED) is 0.705. The van der Waals surface area contributed by atoms with Crippen molar-refractivity contribution in [1.82, 2.24) is 19.2 Å². The number of hydrogen-bond acceptors (Lipinski definition) is 5. The molecule has 0 saturated carbocycles. The number of piperidine rings is 1. The lowest BCUT2D eigenvalue weighted by Crippen LogP contribution is -2.43. The Labute approximate surface area is 171 Å². The molecule has 1 N–H and O–H groups in total. The van der Waals surface area contributed by atoms with Gasteiger partial charge < -0.3 is 14.6 Å². The first-order valence-corrected chi connectivity index (χ1v) is 11.4. The maximum atomic E-state index is 12.7. The minimum atomic E-state index is -3.61. The second-order valence-corrected chi connectivity index (χ2v) is 8.86. The highest BCUT2D eigenvalue weighted by atomic mass is 32.2. The predicted octanol–water partition coefficient (Wildman–Crippen LogP) is 2.02. The maximum Gasteiger partial charge on any atom is 0.262 e. The fourth-order valence-corrected chi connectivity index (χ4v) is 4.81. The van der Waals surface area contributed by atoms with Crippen LogP contribution in [0.15, 0.2) is 41.8 Å². The van der Waals surface area contributed by atoms with Gasteiger partial charge in [0.15, 0.2) is 5.03 Å². The molecule has 0 unspecified atom stereocenters. The van der Waals surface area contributed by atoms with Gasteiger partial charge in [-0.2, -0.15) is 4.31 Å². The summed E-state index contributed by atoms with van der Waals surface area (Å²) in [6.45, 7) is 6.09. The van der Waals surface area contributed by atoms with E-state index in [1.807, 2.05) is 38.1 Å². The highest BCUT2D eigenvalue weighted by Crippen LogP contribution is 2.24. The molecule has 2 aromatic rings. The average Bonchev–Trinajstić information content (AvgIpc) is 3.23. The molecule has 1 aromatic carbocycles. The fraction of sp³-hybridized carbons (Fsp3) is 0.500. The number of benzene rings is 1. The van der Waals surface area contributed by atoms with E-state index >= 15 is 0 Å². The summed E-state index contributed by atoms with van der Waals surface area (Å²) in [6.07, 6.45) is 4.05. The molecule has 3 rings (SSSR count). The van der Waals surface area contributed by atoms with Crippen molar-refractivity contribution >= 4 is 15.9 Å². The Balaban J connectivity index is 1.54. The van der Waals surface area contributed by atoms with Gasteiger partial charge in [-0.3, -0.25) is 4.79 Å². The minimum absolute atomic E-state index is 0.0522. The van der Waals surface area contributed by atoms with Crippen LogP contribution in [0.4, 0.5) is 0 Å². The number of ether oxygens (including phenoxy) is 1. The molecule has 8 nitrogen and oxygen atoms in total. The van der Waals surface area contributed by atoms with Gasteiger partial charge >= 0.3 is 0 Å². The van der Waals surface area contributed by atoms with Crippen LogP contribution in [0.3, 0.4) is 0 Å². The number of sulfonamides is 1. The molecule has 1 aromatic heterocycles. The highest BCUT2D eigenvalue weighted by molar-refractivity contribution is 7.89. The third kappa shape index (κ3) is 4.97. The number of nitrogens with zero attached hydrogens (tertiary/aromatic N) is 3. The molecule has 0 spiro atoms. The Kier molecular flexibility index (Phi) is 6.92. The van der Waals surface area contributed by atoms with Crippen molar-refractivity contribution in [3.63, 3.8) is 0 Å². The first-order valence-electron chi connectivity index (χ1n) is 9.96. The number of para-hydroxylation sites is 1. The van der Waals surface area contributed by atoms with E-state index in [0.29, 0.717) is 45.6 Å². The summed E-state index contributed by atoms with van der Waals surface area (Å²) in [6, 6.07) is 7.62. The lowest BCUT2D eigenvalue weighted by atomic mass is 9.97. The van der Waals surface area contributed by atoms with E-state index in [4.69, 9.17) is 4.74 Å². The van der Waals surface area contributed by atoms with E-state index in [1.165, 1.54) is 10.6 Å². The van der Waals surface area contributed by atoms with Gasteiger partial charge in [-0.25, -0.2) is 13.4 Å². The Morgan fingerprint density at radius 3 is 2.62 bits per heavy atom. The summed E-state index contributed by atoms with van der Waals surface area (Å²) in [5.74, 6) is 0.514. The third-order valence-electron chi connectivity index (χ3n) is 5.13. The van der Waals surface area contributed by atoms with Crippen LogP contribution in [-0.4, -0.2) is 47.9 Å². The summed E-state index contributed by atoms with van der Waals surface area (Å²) >= 11 is 0. The van der Waals surface area contributed by atoms with Crippen LogP contribution in [0.5, 0.6) is 5.75 Å². The van der Waals surface area contributed by atoms with Crippen molar-refractivity contribution in [1.29, 1.82) is 0 Å². The Morgan fingerprint density at radius 2 is 1.97 bits per heavy atom. The van der Waals surface area contributed by atoms with Crippen LogP contribution >= 0.6 is 0 Å². The third-order valence-corrected chi connectivity index (χ3v) is 6.91. The first-order chi connectivity index (χ1) is 14.0. The Morgan fingerprint density at radius 1 is 1.24 bits per heavy atom. The first kappa shape index (κ1) is 21.3. The molecular formula is C20H28N4O4S. The zero-order valence-corrected chi connectivity index (χ0v) is 17.7. The van der Waals surface area contributed by atoms with Crippen molar-refractivity contribution in [2.75, 3.05) is 19.7 Å². The molecule has 0 aliphatic carbocycles. The van der Waals surface area contributed by atoms with Crippen LogP contribution in [0.25, 0.3) is 0 Å². The number of amides is 1. The average molecular weight is 421 g/mol. The van der Waals surface area contributed by atoms with Crippen LogP contribution in [0.1, 0.15) is 32.3 Å². The van der Waals surface area contributed by atoms with Gasteiger partial charge in [0.25, 0.3) is 10.0 Å². The van der Waals surface area contributed by atoms with E-state index in [9.17, 15) is 13.2 Å². The fourth-order valence-electron chi connectivity index (χ4n) is 3.41. The summed E-state index contributed by atoms with van der Waals surface area (Å²) in [5.41, 5.74) is 0.925. The number of carbonyl (C=O) groups excluding carboxylic acids is 1. The molecule has 0 atom stereocenters. The lowest BCUT2D eigenvalue weighted by molar-refractivity contribution is -0.126. The molecule has 1 aliphatic rings.